The van der Waals surface area contributed by atoms with Crippen LogP contribution in [0.2, 0.25) is 0 Å². The Morgan fingerprint density at radius 3 is 2.21 bits per heavy atom. The lowest BCUT2D eigenvalue weighted by molar-refractivity contribution is 0.0939. The van der Waals surface area contributed by atoms with Crippen LogP contribution in [0.15, 0.2) is 77.7 Å². The van der Waals surface area contributed by atoms with Crippen LogP contribution in [0.1, 0.15) is 40.0 Å². The number of nitrogens with one attached hydrogen (secondary N) is 2. The highest BCUT2D eigenvalue weighted by Gasteiger charge is 2.20. The largest absolute Gasteiger partial charge is 0.346 e. The first kappa shape index (κ1) is 20.6. The lowest BCUT2D eigenvalue weighted by Gasteiger charge is -2.16. The minimum atomic E-state index is -3.82. The highest BCUT2D eigenvalue weighted by Crippen LogP contribution is 2.21. The summed E-state index contributed by atoms with van der Waals surface area (Å²) in [5, 5.41) is 2.93. The fourth-order valence-corrected chi connectivity index (χ4v) is 4.30. The molecular formula is C23H24N2O3S. The summed E-state index contributed by atoms with van der Waals surface area (Å²) in [5.74, 6) is -0.325. The van der Waals surface area contributed by atoms with Crippen LogP contribution in [0.5, 0.6) is 0 Å². The summed E-state index contributed by atoms with van der Waals surface area (Å²) in [6.45, 7) is 5.60. The van der Waals surface area contributed by atoms with E-state index in [1.165, 1.54) is 6.07 Å². The second kappa shape index (κ2) is 8.49. The van der Waals surface area contributed by atoms with Crippen LogP contribution in [0, 0.1) is 13.8 Å². The van der Waals surface area contributed by atoms with Gasteiger partial charge in [-0.3, -0.25) is 9.52 Å². The van der Waals surface area contributed by atoms with Gasteiger partial charge in [0.05, 0.1) is 10.9 Å². The zero-order valence-corrected chi connectivity index (χ0v) is 17.5. The molecule has 1 atom stereocenters. The summed E-state index contributed by atoms with van der Waals surface area (Å²) in [6.07, 6.45) is 0. The molecule has 0 saturated heterocycles. The fraction of sp³-hybridized carbons (Fsp3) is 0.174. The molecule has 3 aromatic rings. The minimum absolute atomic E-state index is 0.0805. The summed E-state index contributed by atoms with van der Waals surface area (Å²) in [4.78, 5) is 12.8. The number of hydrogen-bond acceptors (Lipinski definition) is 3. The molecule has 0 saturated carbocycles. The molecule has 0 aliphatic rings. The minimum Gasteiger partial charge on any atom is -0.346 e. The molecule has 3 aromatic carbocycles. The number of anilines is 1. The van der Waals surface area contributed by atoms with E-state index in [0.29, 0.717) is 16.8 Å². The third-order valence-electron chi connectivity index (χ3n) is 4.69. The summed E-state index contributed by atoms with van der Waals surface area (Å²) < 4.78 is 28.2. The van der Waals surface area contributed by atoms with Crippen LogP contribution >= 0.6 is 0 Å². The van der Waals surface area contributed by atoms with Gasteiger partial charge in [0.15, 0.2) is 0 Å². The molecular weight excluding hydrogens is 384 g/mol. The quantitative estimate of drug-likeness (QED) is 0.626. The van der Waals surface area contributed by atoms with Crippen LogP contribution in [0.3, 0.4) is 0 Å². The van der Waals surface area contributed by atoms with Gasteiger partial charge in [-0.25, -0.2) is 8.42 Å². The van der Waals surface area contributed by atoms with Gasteiger partial charge in [-0.05, 0) is 56.2 Å². The molecule has 0 aromatic heterocycles. The molecule has 0 spiro atoms. The second-order valence-corrected chi connectivity index (χ2v) is 8.71. The van der Waals surface area contributed by atoms with Crippen LogP contribution in [0.25, 0.3) is 0 Å². The Hall–Kier alpha value is -3.12. The number of sulfonamides is 1. The first-order valence-corrected chi connectivity index (χ1v) is 10.8. The lowest BCUT2D eigenvalue weighted by Crippen LogP contribution is -2.27. The highest BCUT2D eigenvalue weighted by molar-refractivity contribution is 7.92. The molecule has 1 amide bonds. The van der Waals surface area contributed by atoms with E-state index >= 15 is 0 Å². The Labute approximate surface area is 171 Å². The molecule has 0 aliphatic carbocycles. The van der Waals surface area contributed by atoms with E-state index in [2.05, 4.69) is 10.0 Å². The topological polar surface area (TPSA) is 75.3 Å². The van der Waals surface area contributed by atoms with Crippen molar-refractivity contribution < 1.29 is 13.2 Å². The molecule has 150 valence electrons. The maximum atomic E-state index is 12.8. The number of hydrogen-bond donors (Lipinski definition) is 2. The number of benzene rings is 3. The first-order chi connectivity index (χ1) is 13.8. The summed E-state index contributed by atoms with van der Waals surface area (Å²) in [5.41, 5.74) is 3.45. The van der Waals surface area contributed by atoms with Crippen molar-refractivity contribution in [1.82, 2.24) is 5.32 Å². The van der Waals surface area contributed by atoms with Crippen molar-refractivity contribution in [2.45, 2.75) is 31.7 Å². The predicted octanol–water partition coefficient (Wildman–Crippen LogP) is 4.60. The van der Waals surface area contributed by atoms with Crippen molar-refractivity contribution in [3.63, 3.8) is 0 Å². The SMILES string of the molecule is Cc1ccc(C(C)NC(=O)c2ccc(C)c(S(=O)(=O)Nc3ccccc3)c2)cc1. The van der Waals surface area contributed by atoms with Crippen LogP contribution in [-0.2, 0) is 10.0 Å². The highest BCUT2D eigenvalue weighted by atomic mass is 32.2. The number of carbonyl (C=O) groups is 1. The van der Waals surface area contributed by atoms with Crippen molar-refractivity contribution >= 4 is 21.6 Å². The summed E-state index contributed by atoms with van der Waals surface area (Å²) in [7, 11) is -3.82. The third-order valence-corrected chi connectivity index (χ3v) is 6.21. The maximum absolute atomic E-state index is 12.8. The number of aryl methyl sites for hydroxylation is 2. The predicted molar refractivity (Wildman–Crippen MR) is 115 cm³/mol. The van der Waals surface area contributed by atoms with Gasteiger partial charge in [0.25, 0.3) is 15.9 Å². The van der Waals surface area contributed by atoms with Crippen molar-refractivity contribution in [3.05, 3.63) is 95.1 Å². The molecule has 0 aliphatic heterocycles. The number of amides is 1. The standard InChI is InChI=1S/C23H24N2O3S/c1-16-9-12-19(13-10-16)18(3)24-23(26)20-14-11-17(2)22(15-20)29(27,28)25-21-7-5-4-6-8-21/h4-15,18,25H,1-3H3,(H,24,26). The van der Waals surface area contributed by atoms with E-state index in [9.17, 15) is 13.2 Å². The molecule has 29 heavy (non-hydrogen) atoms. The van der Waals surface area contributed by atoms with Crippen LogP contribution in [-0.4, -0.2) is 14.3 Å². The molecule has 0 fully saturated rings. The van der Waals surface area contributed by atoms with E-state index in [1.807, 2.05) is 44.2 Å². The average molecular weight is 409 g/mol. The monoisotopic (exact) mass is 408 g/mol. The zero-order chi connectivity index (χ0) is 21.0. The van der Waals surface area contributed by atoms with Gasteiger partial charge in [0, 0.05) is 11.3 Å². The van der Waals surface area contributed by atoms with E-state index in [1.54, 1.807) is 43.3 Å². The van der Waals surface area contributed by atoms with Gasteiger partial charge < -0.3 is 5.32 Å². The number of carbonyl (C=O) groups excluding carboxylic acids is 1. The van der Waals surface area contributed by atoms with Crippen molar-refractivity contribution in [3.8, 4) is 0 Å². The Bertz CT molecular complexity index is 1110. The second-order valence-electron chi connectivity index (χ2n) is 7.06. The molecule has 3 rings (SSSR count). The normalized spacial score (nSPS) is 12.2. The molecule has 0 radical (unpaired) electrons. The van der Waals surface area contributed by atoms with Gasteiger partial charge in [-0.1, -0.05) is 54.1 Å². The van der Waals surface area contributed by atoms with Gasteiger partial charge >= 0.3 is 0 Å². The Morgan fingerprint density at radius 1 is 0.897 bits per heavy atom. The zero-order valence-electron chi connectivity index (χ0n) is 16.6. The number of rotatable bonds is 6. The lowest BCUT2D eigenvalue weighted by atomic mass is 10.1. The molecule has 1 unspecified atom stereocenters. The number of para-hydroxylation sites is 1. The Balaban J connectivity index is 1.82. The fourth-order valence-electron chi connectivity index (χ4n) is 2.97. The van der Waals surface area contributed by atoms with E-state index in [0.717, 1.165) is 11.1 Å². The molecule has 2 N–H and O–H groups in total. The Morgan fingerprint density at radius 2 is 1.55 bits per heavy atom. The molecule has 5 nitrogen and oxygen atoms in total. The van der Waals surface area contributed by atoms with Gasteiger partial charge in [0.1, 0.15) is 0 Å². The molecule has 0 heterocycles. The van der Waals surface area contributed by atoms with Crippen molar-refractivity contribution in [2.24, 2.45) is 0 Å². The smallest absolute Gasteiger partial charge is 0.262 e. The van der Waals surface area contributed by atoms with Crippen molar-refractivity contribution in [1.29, 1.82) is 0 Å². The van der Waals surface area contributed by atoms with Crippen LogP contribution < -0.4 is 10.0 Å². The maximum Gasteiger partial charge on any atom is 0.262 e. The third kappa shape index (κ3) is 5.03. The molecule has 6 heteroatoms. The van der Waals surface area contributed by atoms with Crippen LogP contribution in [0.4, 0.5) is 5.69 Å². The van der Waals surface area contributed by atoms with Gasteiger partial charge in [-0.2, -0.15) is 0 Å². The van der Waals surface area contributed by atoms with E-state index in [-0.39, 0.29) is 16.8 Å². The summed E-state index contributed by atoms with van der Waals surface area (Å²) >= 11 is 0. The van der Waals surface area contributed by atoms with E-state index in [4.69, 9.17) is 0 Å². The molecule has 0 bridgehead atoms. The first-order valence-electron chi connectivity index (χ1n) is 9.32. The Kier molecular flexibility index (Phi) is 6.03. The van der Waals surface area contributed by atoms with Gasteiger partial charge in [0.2, 0.25) is 0 Å². The van der Waals surface area contributed by atoms with Gasteiger partial charge in [-0.15, -0.1) is 0 Å². The summed E-state index contributed by atoms with van der Waals surface area (Å²) in [6, 6.07) is 21.1. The van der Waals surface area contributed by atoms with Crippen molar-refractivity contribution in [2.75, 3.05) is 4.72 Å². The van der Waals surface area contributed by atoms with E-state index < -0.39 is 10.0 Å². The average Bonchev–Trinajstić information content (AvgIpc) is 2.69.